The Morgan fingerprint density at radius 3 is 2.63 bits per heavy atom. The van der Waals surface area contributed by atoms with Gasteiger partial charge in [0, 0.05) is 13.1 Å². The molecule has 1 saturated heterocycles. The number of carbonyl (C=O) groups excluding carboxylic acids is 1. The molecule has 2 heterocycles. The lowest BCUT2D eigenvalue weighted by molar-refractivity contribution is -0.150. The molecule has 0 saturated carbocycles. The zero-order valence-electron chi connectivity index (χ0n) is 14.8. The summed E-state index contributed by atoms with van der Waals surface area (Å²) in [5.41, 5.74) is 3.09. The van der Waals surface area contributed by atoms with Gasteiger partial charge in [0.2, 0.25) is 0 Å². The topological polar surface area (TPSA) is 79.4 Å². The Labute approximate surface area is 157 Å². The van der Waals surface area contributed by atoms with Gasteiger partial charge in [0.25, 0.3) is 6.01 Å². The lowest BCUT2D eigenvalue weighted by Crippen LogP contribution is -2.37. The number of carbonyl (C=O) groups is 1. The van der Waals surface area contributed by atoms with Crippen molar-refractivity contribution in [2.24, 2.45) is 5.92 Å². The summed E-state index contributed by atoms with van der Waals surface area (Å²) >= 11 is 0. The second-order valence-corrected chi connectivity index (χ2v) is 6.64. The summed E-state index contributed by atoms with van der Waals surface area (Å²) in [5, 5.41) is 8.81. The van der Waals surface area contributed by atoms with E-state index in [9.17, 15) is 4.79 Å². The monoisotopic (exact) mass is 361 g/mol. The van der Waals surface area contributed by atoms with Crippen molar-refractivity contribution >= 4 is 23.1 Å². The number of anilines is 1. The van der Waals surface area contributed by atoms with Gasteiger partial charge in [0.15, 0.2) is 5.58 Å². The molecule has 27 heavy (non-hydrogen) atoms. The molecule has 1 fully saturated rings. The fraction of sp³-hybridized carbons (Fsp3) is 0.286. The van der Waals surface area contributed by atoms with Crippen molar-refractivity contribution < 1.29 is 13.9 Å². The van der Waals surface area contributed by atoms with E-state index in [1.165, 1.54) is 0 Å². The highest BCUT2D eigenvalue weighted by Crippen LogP contribution is 2.27. The van der Waals surface area contributed by atoms with Gasteiger partial charge >= 0.3 is 5.97 Å². The van der Waals surface area contributed by atoms with E-state index in [1.807, 2.05) is 36.4 Å². The van der Waals surface area contributed by atoms with Crippen LogP contribution in [0, 0.1) is 17.2 Å². The van der Waals surface area contributed by atoms with Crippen LogP contribution in [-0.2, 0) is 16.1 Å². The summed E-state index contributed by atoms with van der Waals surface area (Å²) in [7, 11) is 0. The van der Waals surface area contributed by atoms with Crippen LogP contribution in [0.3, 0.4) is 0 Å². The van der Waals surface area contributed by atoms with Crippen LogP contribution in [0.2, 0.25) is 0 Å². The highest BCUT2D eigenvalue weighted by Gasteiger charge is 2.28. The van der Waals surface area contributed by atoms with E-state index in [2.05, 4.69) is 16.0 Å². The molecule has 0 unspecified atom stereocenters. The average molecular weight is 361 g/mol. The number of aromatic nitrogens is 1. The number of rotatable bonds is 4. The van der Waals surface area contributed by atoms with Crippen molar-refractivity contribution in [3.63, 3.8) is 0 Å². The molecule has 0 N–H and O–H groups in total. The van der Waals surface area contributed by atoms with E-state index >= 15 is 0 Å². The third kappa shape index (κ3) is 3.77. The smallest absolute Gasteiger partial charge is 0.309 e. The van der Waals surface area contributed by atoms with Gasteiger partial charge in [-0.15, -0.1) is 0 Å². The van der Waals surface area contributed by atoms with Gasteiger partial charge < -0.3 is 14.1 Å². The number of oxazole rings is 1. The first kappa shape index (κ1) is 17.1. The van der Waals surface area contributed by atoms with Crippen LogP contribution >= 0.6 is 0 Å². The Kier molecular flexibility index (Phi) is 4.75. The quantitative estimate of drug-likeness (QED) is 0.660. The van der Waals surface area contributed by atoms with Crippen LogP contribution in [0.1, 0.15) is 24.0 Å². The Morgan fingerprint density at radius 2 is 1.93 bits per heavy atom. The van der Waals surface area contributed by atoms with Gasteiger partial charge in [0.05, 0.1) is 17.6 Å². The minimum absolute atomic E-state index is 0.107. The summed E-state index contributed by atoms with van der Waals surface area (Å²) in [6.45, 7) is 1.66. The van der Waals surface area contributed by atoms with Crippen LogP contribution in [0.15, 0.2) is 52.9 Å². The largest absolute Gasteiger partial charge is 0.461 e. The minimum Gasteiger partial charge on any atom is -0.461 e. The van der Waals surface area contributed by atoms with E-state index in [0.29, 0.717) is 37.5 Å². The Morgan fingerprint density at radius 1 is 1.19 bits per heavy atom. The Bertz CT molecular complexity index is 947. The zero-order valence-corrected chi connectivity index (χ0v) is 14.8. The molecular weight excluding hydrogens is 342 g/mol. The number of esters is 1. The summed E-state index contributed by atoms with van der Waals surface area (Å²) in [5.74, 6) is -0.277. The number of nitriles is 1. The summed E-state index contributed by atoms with van der Waals surface area (Å²) in [4.78, 5) is 18.9. The number of piperidine rings is 1. The first-order valence-corrected chi connectivity index (χ1v) is 8.99. The number of para-hydroxylation sites is 2. The fourth-order valence-electron chi connectivity index (χ4n) is 3.25. The van der Waals surface area contributed by atoms with E-state index in [-0.39, 0.29) is 18.5 Å². The van der Waals surface area contributed by atoms with Gasteiger partial charge in [0.1, 0.15) is 12.1 Å². The molecule has 0 amide bonds. The highest BCUT2D eigenvalue weighted by molar-refractivity contribution is 5.75. The predicted molar refractivity (Wildman–Crippen MR) is 99.9 cm³/mol. The molecule has 2 aromatic carbocycles. The minimum atomic E-state index is -0.170. The number of ether oxygens (including phenoxy) is 1. The van der Waals surface area contributed by atoms with E-state index in [0.717, 1.165) is 16.7 Å². The summed E-state index contributed by atoms with van der Waals surface area (Å²) in [6.07, 6.45) is 1.43. The van der Waals surface area contributed by atoms with Gasteiger partial charge in [-0.25, -0.2) is 0 Å². The van der Waals surface area contributed by atoms with Crippen LogP contribution in [0.4, 0.5) is 6.01 Å². The van der Waals surface area contributed by atoms with Crippen molar-refractivity contribution in [3.05, 3.63) is 59.7 Å². The molecule has 6 heteroatoms. The number of hydrogen-bond acceptors (Lipinski definition) is 6. The average Bonchev–Trinajstić information content (AvgIpc) is 3.17. The Hall–Kier alpha value is -3.33. The molecule has 1 aliphatic heterocycles. The normalized spacial score (nSPS) is 14.9. The van der Waals surface area contributed by atoms with Gasteiger partial charge in [-0.2, -0.15) is 10.2 Å². The number of benzene rings is 2. The van der Waals surface area contributed by atoms with E-state index < -0.39 is 0 Å². The van der Waals surface area contributed by atoms with Crippen molar-refractivity contribution in [2.75, 3.05) is 18.0 Å². The molecule has 0 atom stereocenters. The standard InChI is InChI=1S/C21H19N3O3/c22-13-15-5-7-16(8-6-15)14-26-20(25)17-9-11-24(12-10-17)21-23-18-3-1-2-4-19(18)27-21/h1-8,17H,9-12,14H2. The SMILES string of the molecule is N#Cc1ccc(COC(=O)C2CCN(c3nc4ccccc4o3)CC2)cc1. The van der Waals surface area contributed by atoms with Crippen LogP contribution in [0.25, 0.3) is 11.1 Å². The molecule has 1 aliphatic rings. The number of nitrogens with zero attached hydrogens (tertiary/aromatic N) is 3. The Balaban J connectivity index is 1.30. The maximum atomic E-state index is 12.3. The highest BCUT2D eigenvalue weighted by atomic mass is 16.5. The van der Waals surface area contributed by atoms with E-state index in [4.69, 9.17) is 14.4 Å². The molecule has 0 radical (unpaired) electrons. The van der Waals surface area contributed by atoms with Crippen molar-refractivity contribution in [1.29, 1.82) is 5.26 Å². The molecule has 3 aromatic rings. The lowest BCUT2D eigenvalue weighted by atomic mass is 9.97. The second-order valence-electron chi connectivity index (χ2n) is 6.64. The fourth-order valence-corrected chi connectivity index (χ4v) is 3.25. The molecular formula is C21H19N3O3. The van der Waals surface area contributed by atoms with Gasteiger partial charge in [-0.05, 0) is 42.7 Å². The van der Waals surface area contributed by atoms with Crippen molar-refractivity contribution in [3.8, 4) is 6.07 Å². The van der Waals surface area contributed by atoms with E-state index in [1.54, 1.807) is 12.1 Å². The second kappa shape index (κ2) is 7.50. The molecule has 1 aromatic heterocycles. The maximum Gasteiger partial charge on any atom is 0.309 e. The summed E-state index contributed by atoms with van der Waals surface area (Å²) < 4.78 is 11.3. The molecule has 4 rings (SSSR count). The number of hydrogen-bond donors (Lipinski definition) is 0. The van der Waals surface area contributed by atoms with Crippen LogP contribution in [-0.4, -0.2) is 24.0 Å². The molecule has 0 aliphatic carbocycles. The van der Waals surface area contributed by atoms with Crippen LogP contribution < -0.4 is 4.90 Å². The third-order valence-electron chi connectivity index (χ3n) is 4.85. The zero-order chi connectivity index (χ0) is 18.6. The van der Waals surface area contributed by atoms with Gasteiger partial charge in [-0.3, -0.25) is 4.79 Å². The first-order chi connectivity index (χ1) is 13.2. The lowest BCUT2D eigenvalue weighted by Gasteiger charge is -2.29. The summed E-state index contributed by atoms with van der Waals surface area (Å²) in [6, 6.07) is 17.4. The van der Waals surface area contributed by atoms with Crippen LogP contribution in [0.5, 0.6) is 0 Å². The van der Waals surface area contributed by atoms with Crippen molar-refractivity contribution in [1.82, 2.24) is 4.98 Å². The molecule has 136 valence electrons. The van der Waals surface area contributed by atoms with Gasteiger partial charge in [-0.1, -0.05) is 24.3 Å². The predicted octanol–water partition coefficient (Wildman–Crippen LogP) is 3.66. The molecule has 6 nitrogen and oxygen atoms in total. The maximum absolute atomic E-state index is 12.3. The van der Waals surface area contributed by atoms with Crippen molar-refractivity contribution in [2.45, 2.75) is 19.4 Å². The third-order valence-corrected chi connectivity index (χ3v) is 4.85. The first-order valence-electron chi connectivity index (χ1n) is 8.99. The molecule has 0 spiro atoms. The number of fused-ring (bicyclic) bond motifs is 1. The molecule has 0 bridgehead atoms.